The summed E-state index contributed by atoms with van der Waals surface area (Å²) in [7, 11) is 0. The van der Waals surface area contributed by atoms with E-state index in [1.807, 2.05) is 0 Å². The smallest absolute Gasteiger partial charge is 0.337 e. The zero-order valence-electron chi connectivity index (χ0n) is 10.7. The Hall–Kier alpha value is -1.79. The molecule has 6 heteroatoms. The Morgan fingerprint density at radius 1 is 1.26 bits per heavy atom. The number of hydrogen-bond acceptors (Lipinski definition) is 5. The van der Waals surface area contributed by atoms with Crippen molar-refractivity contribution >= 4 is 17.3 Å². The van der Waals surface area contributed by atoms with Crippen molar-refractivity contribution in [2.45, 2.75) is 0 Å². The molecule has 0 unspecified atom stereocenters. The Kier molecular flexibility index (Phi) is 4.24. The van der Waals surface area contributed by atoms with Gasteiger partial charge in [-0.1, -0.05) is 0 Å². The van der Waals surface area contributed by atoms with Crippen molar-refractivity contribution in [1.82, 2.24) is 4.90 Å². The molecule has 0 saturated carbocycles. The van der Waals surface area contributed by atoms with Gasteiger partial charge >= 0.3 is 5.97 Å². The normalized spacial score (nSPS) is 16.6. The van der Waals surface area contributed by atoms with Gasteiger partial charge in [0.15, 0.2) is 0 Å². The van der Waals surface area contributed by atoms with Crippen LogP contribution in [0, 0.1) is 0 Å². The third-order valence-electron chi connectivity index (χ3n) is 3.42. The van der Waals surface area contributed by atoms with Crippen LogP contribution in [0.5, 0.6) is 0 Å². The minimum absolute atomic E-state index is 0.141. The largest absolute Gasteiger partial charge is 0.478 e. The van der Waals surface area contributed by atoms with Crippen LogP contribution in [0.25, 0.3) is 0 Å². The Labute approximate surface area is 112 Å². The number of benzene rings is 1. The molecule has 2 rings (SSSR count). The monoisotopic (exact) mass is 265 g/mol. The molecule has 1 aliphatic heterocycles. The summed E-state index contributed by atoms with van der Waals surface area (Å²) in [4.78, 5) is 15.3. The highest BCUT2D eigenvalue weighted by molar-refractivity contribution is 5.94. The van der Waals surface area contributed by atoms with E-state index in [1.54, 1.807) is 18.2 Å². The van der Waals surface area contributed by atoms with Crippen molar-refractivity contribution in [3.63, 3.8) is 0 Å². The van der Waals surface area contributed by atoms with Gasteiger partial charge in [0.25, 0.3) is 0 Å². The van der Waals surface area contributed by atoms with Crippen LogP contribution in [0.2, 0.25) is 0 Å². The molecule has 1 aliphatic rings. The third kappa shape index (κ3) is 3.15. The first-order chi connectivity index (χ1) is 9.11. The average molecular weight is 265 g/mol. The summed E-state index contributed by atoms with van der Waals surface area (Å²) in [6.45, 7) is 4.37. The van der Waals surface area contributed by atoms with E-state index in [9.17, 15) is 4.79 Å². The number of nitrogens with zero attached hydrogens (tertiary/aromatic N) is 2. The van der Waals surface area contributed by atoms with Crippen LogP contribution in [-0.2, 0) is 0 Å². The summed E-state index contributed by atoms with van der Waals surface area (Å²) < 4.78 is 0. The Morgan fingerprint density at radius 2 is 1.95 bits per heavy atom. The Morgan fingerprint density at radius 3 is 2.47 bits per heavy atom. The van der Waals surface area contributed by atoms with Crippen LogP contribution < -0.4 is 10.6 Å². The van der Waals surface area contributed by atoms with E-state index in [0.717, 1.165) is 31.9 Å². The Balaban J connectivity index is 2.04. The van der Waals surface area contributed by atoms with Crippen molar-refractivity contribution in [2.24, 2.45) is 0 Å². The van der Waals surface area contributed by atoms with Gasteiger partial charge in [-0.25, -0.2) is 4.79 Å². The van der Waals surface area contributed by atoms with Crippen LogP contribution in [0.15, 0.2) is 18.2 Å². The second-order valence-electron chi connectivity index (χ2n) is 4.63. The molecule has 0 amide bonds. The molecule has 1 aromatic carbocycles. The standard InChI is InChI=1S/C13H19N3O3/c14-12-9-10(1-2-11(12)13(18)19)16-5-3-15(4-6-16)7-8-17/h1-2,9,17H,3-8,14H2,(H,18,19). The van der Waals surface area contributed by atoms with Gasteiger partial charge in [0, 0.05) is 44.1 Å². The molecule has 1 heterocycles. The van der Waals surface area contributed by atoms with Gasteiger partial charge in [-0.05, 0) is 18.2 Å². The van der Waals surface area contributed by atoms with Crippen LogP contribution in [0.3, 0.4) is 0 Å². The van der Waals surface area contributed by atoms with Gasteiger partial charge in [0.1, 0.15) is 0 Å². The van der Waals surface area contributed by atoms with E-state index in [4.69, 9.17) is 15.9 Å². The number of rotatable bonds is 4. The number of nitrogen functional groups attached to an aromatic ring is 1. The fourth-order valence-corrected chi connectivity index (χ4v) is 2.31. The molecule has 0 spiro atoms. The zero-order valence-corrected chi connectivity index (χ0v) is 10.7. The lowest BCUT2D eigenvalue weighted by Gasteiger charge is -2.35. The maximum absolute atomic E-state index is 10.9. The lowest BCUT2D eigenvalue weighted by molar-refractivity contribution is 0.0698. The SMILES string of the molecule is Nc1cc(N2CCN(CCO)CC2)ccc1C(=O)O. The van der Waals surface area contributed by atoms with Crippen molar-refractivity contribution in [2.75, 3.05) is 50.0 Å². The van der Waals surface area contributed by atoms with Crippen LogP contribution in [0.1, 0.15) is 10.4 Å². The quantitative estimate of drug-likeness (QED) is 0.668. The molecule has 19 heavy (non-hydrogen) atoms. The highest BCUT2D eigenvalue weighted by Crippen LogP contribution is 2.22. The number of aliphatic hydroxyl groups is 1. The number of aromatic carboxylic acids is 1. The number of β-amino-alcohol motifs (C(OH)–C–C–N with tert-alkyl or cyclic N) is 1. The summed E-state index contributed by atoms with van der Waals surface area (Å²) in [6, 6.07) is 5.06. The van der Waals surface area contributed by atoms with Gasteiger partial charge in [-0.15, -0.1) is 0 Å². The predicted octanol–water partition coefficient (Wildman–Crippen LogP) is 0.0813. The number of aliphatic hydroxyl groups excluding tert-OH is 1. The zero-order chi connectivity index (χ0) is 13.8. The van der Waals surface area contributed by atoms with Crippen molar-refractivity contribution in [3.05, 3.63) is 23.8 Å². The number of carboxylic acids is 1. The molecule has 1 fully saturated rings. The van der Waals surface area contributed by atoms with Gasteiger partial charge in [0.2, 0.25) is 0 Å². The average Bonchev–Trinajstić information content (AvgIpc) is 2.39. The molecule has 0 bridgehead atoms. The van der Waals surface area contributed by atoms with E-state index in [1.165, 1.54) is 0 Å². The molecule has 104 valence electrons. The summed E-state index contributed by atoms with van der Waals surface area (Å²) in [5.74, 6) is -1.00. The summed E-state index contributed by atoms with van der Waals surface area (Å²) in [5, 5.41) is 17.8. The molecular formula is C13H19N3O3. The highest BCUT2D eigenvalue weighted by Gasteiger charge is 2.18. The van der Waals surface area contributed by atoms with Gasteiger partial charge in [0.05, 0.1) is 12.2 Å². The summed E-state index contributed by atoms with van der Waals surface area (Å²) >= 11 is 0. The fraction of sp³-hybridized carbons (Fsp3) is 0.462. The fourth-order valence-electron chi connectivity index (χ4n) is 2.31. The number of hydrogen-bond donors (Lipinski definition) is 3. The molecule has 0 atom stereocenters. The minimum atomic E-state index is -1.00. The van der Waals surface area contributed by atoms with Crippen LogP contribution >= 0.6 is 0 Å². The molecule has 1 aromatic rings. The molecule has 1 saturated heterocycles. The van der Waals surface area contributed by atoms with Crippen LogP contribution in [0.4, 0.5) is 11.4 Å². The number of carboxylic acid groups (broad SMARTS) is 1. The molecular weight excluding hydrogens is 246 g/mol. The van der Waals surface area contributed by atoms with E-state index in [2.05, 4.69) is 9.80 Å². The first-order valence-electron chi connectivity index (χ1n) is 6.33. The van der Waals surface area contributed by atoms with Crippen molar-refractivity contribution < 1.29 is 15.0 Å². The maximum atomic E-state index is 10.9. The van der Waals surface area contributed by atoms with Gasteiger partial charge in [-0.3, -0.25) is 4.90 Å². The third-order valence-corrected chi connectivity index (χ3v) is 3.42. The van der Waals surface area contributed by atoms with E-state index < -0.39 is 5.97 Å². The van der Waals surface area contributed by atoms with E-state index >= 15 is 0 Å². The number of carbonyl (C=O) groups is 1. The second kappa shape index (κ2) is 5.90. The van der Waals surface area contributed by atoms with Gasteiger partial charge in [-0.2, -0.15) is 0 Å². The first kappa shape index (κ1) is 13.6. The molecule has 4 N–H and O–H groups in total. The second-order valence-corrected chi connectivity index (χ2v) is 4.63. The predicted molar refractivity (Wildman–Crippen MR) is 73.6 cm³/mol. The first-order valence-corrected chi connectivity index (χ1v) is 6.33. The maximum Gasteiger partial charge on any atom is 0.337 e. The van der Waals surface area contributed by atoms with E-state index in [-0.39, 0.29) is 12.2 Å². The van der Waals surface area contributed by atoms with Crippen molar-refractivity contribution in [3.8, 4) is 0 Å². The van der Waals surface area contributed by atoms with Gasteiger partial charge < -0.3 is 20.8 Å². The lowest BCUT2D eigenvalue weighted by atomic mass is 10.1. The van der Waals surface area contributed by atoms with E-state index in [0.29, 0.717) is 12.2 Å². The van der Waals surface area contributed by atoms with Crippen molar-refractivity contribution in [1.29, 1.82) is 0 Å². The topological polar surface area (TPSA) is 90.0 Å². The molecule has 0 aromatic heterocycles. The number of anilines is 2. The Bertz CT molecular complexity index is 456. The number of nitrogens with two attached hydrogens (primary N) is 1. The summed E-state index contributed by atoms with van der Waals surface area (Å²) in [6.07, 6.45) is 0. The molecule has 0 aliphatic carbocycles. The summed E-state index contributed by atoms with van der Waals surface area (Å²) in [5.41, 5.74) is 7.14. The molecule has 6 nitrogen and oxygen atoms in total. The van der Waals surface area contributed by atoms with Crippen LogP contribution in [-0.4, -0.2) is 60.4 Å². The lowest BCUT2D eigenvalue weighted by Crippen LogP contribution is -2.47. The minimum Gasteiger partial charge on any atom is -0.478 e. The number of piperazine rings is 1. The molecule has 0 radical (unpaired) electrons. The highest BCUT2D eigenvalue weighted by atomic mass is 16.4.